The molecule has 6 nitrogen and oxygen atoms in total. The van der Waals surface area contributed by atoms with E-state index in [4.69, 9.17) is 31.1 Å². The van der Waals surface area contributed by atoms with Gasteiger partial charge in [-0.25, -0.2) is 9.97 Å². The molecule has 0 aliphatic rings. The number of nitrogens with zero attached hydrogens (tertiary/aromatic N) is 3. The lowest BCUT2D eigenvalue weighted by molar-refractivity contribution is 0.318. The van der Waals surface area contributed by atoms with E-state index in [0.29, 0.717) is 28.2 Å². The average molecular weight is 330 g/mol. The first-order chi connectivity index (χ1) is 11.2. The lowest BCUT2D eigenvalue weighted by Gasteiger charge is -2.06. The van der Waals surface area contributed by atoms with Crippen LogP contribution in [0, 0.1) is 23.2 Å². The van der Waals surface area contributed by atoms with Gasteiger partial charge in [0.2, 0.25) is 5.88 Å². The fourth-order valence-corrected chi connectivity index (χ4v) is 1.71. The number of halogens is 1. The van der Waals surface area contributed by atoms with Crippen molar-refractivity contribution in [3.05, 3.63) is 41.2 Å². The van der Waals surface area contributed by atoms with E-state index in [-0.39, 0.29) is 13.2 Å². The second kappa shape index (κ2) is 8.47. The highest BCUT2D eigenvalue weighted by molar-refractivity contribution is 6.30. The summed E-state index contributed by atoms with van der Waals surface area (Å²) in [5.74, 6) is 6.74. The summed E-state index contributed by atoms with van der Waals surface area (Å²) in [4.78, 5) is 8.17. The molecule has 0 spiro atoms. The molecule has 0 N–H and O–H groups in total. The summed E-state index contributed by atoms with van der Waals surface area (Å²) in [6, 6.07) is 8.61. The molecule has 116 valence electrons. The Morgan fingerprint density at radius 2 is 2.13 bits per heavy atom. The van der Waals surface area contributed by atoms with E-state index >= 15 is 0 Å². The number of hydrogen-bond donors (Lipinski definition) is 0. The molecule has 2 rings (SSSR count). The summed E-state index contributed by atoms with van der Waals surface area (Å²) in [7, 11) is 1.50. The van der Waals surface area contributed by atoms with E-state index in [2.05, 4.69) is 21.8 Å². The van der Waals surface area contributed by atoms with Crippen LogP contribution >= 0.6 is 11.6 Å². The fraction of sp³-hybridized carbons (Fsp3) is 0.188. The Balaban J connectivity index is 1.97. The first kappa shape index (κ1) is 16.4. The number of nitriles is 1. The van der Waals surface area contributed by atoms with E-state index in [0.717, 1.165) is 0 Å². The molecule has 0 atom stereocenters. The molecule has 0 aliphatic heterocycles. The largest absolute Gasteiger partial charge is 0.491 e. The molecule has 0 amide bonds. The number of ether oxygens (including phenoxy) is 3. The van der Waals surface area contributed by atoms with Gasteiger partial charge in [0.25, 0.3) is 5.88 Å². The normalized spacial score (nSPS) is 9.26. The molecule has 23 heavy (non-hydrogen) atoms. The molecule has 0 bridgehead atoms. The van der Waals surface area contributed by atoms with Crippen LogP contribution < -0.4 is 14.2 Å². The second-order valence-electron chi connectivity index (χ2n) is 4.06. The van der Waals surface area contributed by atoms with Gasteiger partial charge < -0.3 is 14.2 Å². The van der Waals surface area contributed by atoms with Crippen LogP contribution in [0.5, 0.6) is 17.5 Å². The molecule has 0 saturated heterocycles. The van der Waals surface area contributed by atoms with Crippen molar-refractivity contribution in [1.29, 1.82) is 5.26 Å². The Hall–Kier alpha value is -2.96. The third kappa shape index (κ3) is 5.06. The maximum atomic E-state index is 8.47. The SMILES string of the molecule is COc1cc(Cl)cnc1OCC#Cc1cccc(OCC#N)n1. The van der Waals surface area contributed by atoms with Gasteiger partial charge in [-0.15, -0.1) is 0 Å². The van der Waals surface area contributed by atoms with Gasteiger partial charge in [-0.2, -0.15) is 5.26 Å². The Labute approximate surface area is 138 Å². The lowest BCUT2D eigenvalue weighted by Crippen LogP contribution is -1.99. The minimum absolute atomic E-state index is 0.0605. The molecule has 2 aromatic heterocycles. The van der Waals surface area contributed by atoms with Crippen LogP contribution in [0.15, 0.2) is 30.5 Å². The van der Waals surface area contributed by atoms with E-state index in [9.17, 15) is 0 Å². The maximum absolute atomic E-state index is 8.47. The molecule has 7 heteroatoms. The van der Waals surface area contributed by atoms with Gasteiger partial charge in [-0.05, 0) is 12.0 Å². The van der Waals surface area contributed by atoms with Gasteiger partial charge in [0.1, 0.15) is 11.8 Å². The lowest BCUT2D eigenvalue weighted by atomic mass is 10.3. The maximum Gasteiger partial charge on any atom is 0.258 e. The van der Waals surface area contributed by atoms with Crippen LogP contribution in [0.1, 0.15) is 5.69 Å². The number of aromatic nitrogens is 2. The van der Waals surface area contributed by atoms with Crippen molar-refractivity contribution >= 4 is 11.6 Å². The monoisotopic (exact) mass is 329 g/mol. The van der Waals surface area contributed by atoms with Crippen molar-refractivity contribution in [2.45, 2.75) is 0 Å². The van der Waals surface area contributed by atoms with Gasteiger partial charge in [0, 0.05) is 18.3 Å². The molecular weight excluding hydrogens is 318 g/mol. The standard InChI is InChI=1S/C16H12ClN3O3/c1-21-14-10-12(17)11-19-16(14)23-8-3-5-13-4-2-6-15(20-13)22-9-7-18/h2,4,6,10-11H,8-9H2,1H3. The van der Waals surface area contributed by atoms with Gasteiger partial charge in [-0.1, -0.05) is 23.6 Å². The Kier molecular flexibility index (Phi) is 6.05. The summed E-state index contributed by atoms with van der Waals surface area (Å²) in [6.45, 7) is 0.0466. The van der Waals surface area contributed by atoms with Crippen molar-refractivity contribution in [3.8, 4) is 35.4 Å². The minimum Gasteiger partial charge on any atom is -0.491 e. The van der Waals surface area contributed by atoms with Crippen LogP contribution in [0.4, 0.5) is 0 Å². The predicted molar refractivity (Wildman–Crippen MR) is 83.5 cm³/mol. The molecule has 0 fully saturated rings. The van der Waals surface area contributed by atoms with Gasteiger partial charge in [0.15, 0.2) is 19.0 Å². The van der Waals surface area contributed by atoms with Crippen molar-refractivity contribution in [2.24, 2.45) is 0 Å². The first-order valence-corrected chi connectivity index (χ1v) is 6.88. The van der Waals surface area contributed by atoms with Crippen molar-refractivity contribution < 1.29 is 14.2 Å². The highest BCUT2D eigenvalue weighted by Gasteiger charge is 2.05. The van der Waals surface area contributed by atoms with E-state index in [1.54, 1.807) is 24.3 Å². The highest BCUT2D eigenvalue weighted by Crippen LogP contribution is 2.26. The zero-order valence-corrected chi connectivity index (χ0v) is 13.0. The van der Waals surface area contributed by atoms with Gasteiger partial charge in [-0.3, -0.25) is 0 Å². The van der Waals surface area contributed by atoms with Crippen molar-refractivity contribution in [3.63, 3.8) is 0 Å². The van der Waals surface area contributed by atoms with Crippen molar-refractivity contribution in [2.75, 3.05) is 20.3 Å². The van der Waals surface area contributed by atoms with Crippen LogP contribution in [0.25, 0.3) is 0 Å². The van der Waals surface area contributed by atoms with E-state index in [1.165, 1.54) is 13.3 Å². The molecular formula is C16H12ClN3O3. The van der Waals surface area contributed by atoms with Crippen LogP contribution in [0.2, 0.25) is 5.02 Å². The summed E-state index contributed by atoms with van der Waals surface area (Å²) in [6.07, 6.45) is 1.46. The Bertz CT molecular complexity index is 778. The summed E-state index contributed by atoms with van der Waals surface area (Å²) in [5, 5.41) is 8.92. The molecule has 0 unspecified atom stereocenters. The minimum atomic E-state index is -0.0605. The van der Waals surface area contributed by atoms with Crippen molar-refractivity contribution in [1.82, 2.24) is 9.97 Å². The molecule has 2 heterocycles. The predicted octanol–water partition coefficient (Wildman–Crippen LogP) is 2.47. The van der Waals surface area contributed by atoms with Crippen LogP contribution in [-0.2, 0) is 0 Å². The third-order valence-electron chi connectivity index (χ3n) is 2.51. The number of methoxy groups -OCH3 is 1. The fourth-order valence-electron chi connectivity index (χ4n) is 1.56. The van der Waals surface area contributed by atoms with Gasteiger partial charge >= 0.3 is 0 Å². The third-order valence-corrected chi connectivity index (χ3v) is 2.72. The molecule has 2 aromatic rings. The quantitative estimate of drug-likeness (QED) is 0.784. The Morgan fingerprint density at radius 1 is 1.26 bits per heavy atom. The summed E-state index contributed by atoms with van der Waals surface area (Å²) >= 11 is 5.82. The number of pyridine rings is 2. The van der Waals surface area contributed by atoms with E-state index in [1.807, 2.05) is 6.07 Å². The highest BCUT2D eigenvalue weighted by atomic mass is 35.5. The molecule has 0 radical (unpaired) electrons. The zero-order valence-electron chi connectivity index (χ0n) is 12.2. The second-order valence-corrected chi connectivity index (χ2v) is 4.50. The topological polar surface area (TPSA) is 77.3 Å². The number of hydrogen-bond acceptors (Lipinski definition) is 6. The smallest absolute Gasteiger partial charge is 0.258 e. The molecule has 0 aromatic carbocycles. The van der Waals surface area contributed by atoms with Gasteiger partial charge in [0.05, 0.1) is 12.1 Å². The van der Waals surface area contributed by atoms with Crippen LogP contribution in [-0.4, -0.2) is 30.3 Å². The molecule has 0 aliphatic carbocycles. The zero-order chi connectivity index (χ0) is 16.5. The summed E-state index contributed by atoms with van der Waals surface area (Å²) in [5.41, 5.74) is 0.514. The number of rotatable bonds is 5. The summed E-state index contributed by atoms with van der Waals surface area (Å²) < 4.78 is 15.7. The Morgan fingerprint density at radius 3 is 2.91 bits per heavy atom. The molecule has 0 saturated carbocycles. The average Bonchev–Trinajstić information content (AvgIpc) is 2.58. The van der Waals surface area contributed by atoms with Crippen LogP contribution in [0.3, 0.4) is 0 Å². The first-order valence-electron chi connectivity index (χ1n) is 6.51. The van der Waals surface area contributed by atoms with E-state index < -0.39 is 0 Å².